The summed E-state index contributed by atoms with van der Waals surface area (Å²) in [5.41, 5.74) is 4.11. The highest BCUT2D eigenvalue weighted by molar-refractivity contribution is 5.50. The zero-order chi connectivity index (χ0) is 13.4. The summed E-state index contributed by atoms with van der Waals surface area (Å²) < 4.78 is 5.11. The number of hydrogen-bond donors (Lipinski definition) is 0. The maximum Gasteiger partial charge on any atom is 0.0462 e. The summed E-state index contributed by atoms with van der Waals surface area (Å²) in [7, 11) is 1.77. The Bertz CT molecular complexity index is 349. The molecule has 1 aromatic rings. The average Bonchev–Trinajstić information content (AvgIpc) is 2.37. The Hall–Kier alpha value is -1.02. The SMILES string of the molecule is CCCN(CCCCOC)c1ccc(C)c(C)c1. The maximum absolute atomic E-state index is 5.11. The molecule has 0 unspecified atom stereocenters. The minimum absolute atomic E-state index is 0.868. The number of nitrogens with zero attached hydrogens (tertiary/aromatic N) is 1. The minimum Gasteiger partial charge on any atom is -0.385 e. The van der Waals surface area contributed by atoms with Crippen molar-refractivity contribution in [2.75, 3.05) is 31.7 Å². The molecular formula is C16H27NO. The van der Waals surface area contributed by atoms with Gasteiger partial charge in [0, 0.05) is 32.5 Å². The lowest BCUT2D eigenvalue weighted by molar-refractivity contribution is 0.193. The summed E-state index contributed by atoms with van der Waals surface area (Å²) in [5, 5.41) is 0. The fourth-order valence-electron chi connectivity index (χ4n) is 2.11. The molecule has 0 fully saturated rings. The first-order valence-electron chi connectivity index (χ1n) is 7.00. The predicted molar refractivity (Wildman–Crippen MR) is 79.5 cm³/mol. The van der Waals surface area contributed by atoms with Crippen molar-refractivity contribution in [3.8, 4) is 0 Å². The number of aryl methyl sites for hydroxylation is 2. The average molecular weight is 249 g/mol. The standard InChI is InChI=1S/C16H27NO/c1-5-10-17(11-6-7-12-18-4)16-9-8-14(2)15(3)13-16/h8-9,13H,5-7,10-12H2,1-4H3. The third-order valence-electron chi connectivity index (χ3n) is 3.38. The number of hydrogen-bond acceptors (Lipinski definition) is 2. The van der Waals surface area contributed by atoms with Crippen LogP contribution in [0.15, 0.2) is 18.2 Å². The van der Waals surface area contributed by atoms with E-state index in [1.807, 2.05) is 0 Å². The van der Waals surface area contributed by atoms with Gasteiger partial charge in [-0.3, -0.25) is 0 Å². The van der Waals surface area contributed by atoms with Crippen molar-refractivity contribution in [1.29, 1.82) is 0 Å². The molecule has 18 heavy (non-hydrogen) atoms. The molecule has 102 valence electrons. The van der Waals surface area contributed by atoms with E-state index in [2.05, 4.69) is 43.9 Å². The lowest BCUT2D eigenvalue weighted by atomic mass is 10.1. The Morgan fingerprint density at radius 3 is 2.44 bits per heavy atom. The van der Waals surface area contributed by atoms with Crippen molar-refractivity contribution in [2.24, 2.45) is 0 Å². The van der Waals surface area contributed by atoms with Crippen molar-refractivity contribution >= 4 is 5.69 Å². The van der Waals surface area contributed by atoms with Gasteiger partial charge in [0.15, 0.2) is 0 Å². The van der Waals surface area contributed by atoms with E-state index in [1.165, 1.54) is 29.7 Å². The van der Waals surface area contributed by atoms with Crippen LogP contribution in [-0.2, 0) is 4.74 Å². The summed E-state index contributed by atoms with van der Waals surface area (Å²) in [6, 6.07) is 6.78. The molecule has 1 aromatic carbocycles. The fraction of sp³-hybridized carbons (Fsp3) is 0.625. The predicted octanol–water partition coefficient (Wildman–Crippen LogP) is 3.95. The monoisotopic (exact) mass is 249 g/mol. The Kier molecular flexibility index (Phi) is 6.81. The van der Waals surface area contributed by atoms with Crippen LogP contribution >= 0.6 is 0 Å². The second-order valence-electron chi connectivity index (χ2n) is 4.96. The fourth-order valence-corrected chi connectivity index (χ4v) is 2.11. The van der Waals surface area contributed by atoms with Gasteiger partial charge in [0.2, 0.25) is 0 Å². The third kappa shape index (κ3) is 4.69. The Morgan fingerprint density at radius 2 is 1.83 bits per heavy atom. The van der Waals surface area contributed by atoms with E-state index < -0.39 is 0 Å². The summed E-state index contributed by atoms with van der Waals surface area (Å²) >= 11 is 0. The van der Waals surface area contributed by atoms with Gasteiger partial charge in [-0.1, -0.05) is 13.0 Å². The zero-order valence-electron chi connectivity index (χ0n) is 12.3. The van der Waals surface area contributed by atoms with E-state index in [0.29, 0.717) is 0 Å². The van der Waals surface area contributed by atoms with Crippen LogP contribution in [0.25, 0.3) is 0 Å². The van der Waals surface area contributed by atoms with Crippen LogP contribution in [0.3, 0.4) is 0 Å². The first-order chi connectivity index (χ1) is 8.69. The number of ether oxygens (including phenoxy) is 1. The van der Waals surface area contributed by atoms with E-state index >= 15 is 0 Å². The summed E-state index contributed by atoms with van der Waals surface area (Å²) in [6.07, 6.45) is 3.53. The van der Waals surface area contributed by atoms with Crippen LogP contribution in [0.2, 0.25) is 0 Å². The summed E-state index contributed by atoms with van der Waals surface area (Å²) in [5.74, 6) is 0. The molecule has 0 bridgehead atoms. The first-order valence-corrected chi connectivity index (χ1v) is 7.00. The van der Waals surface area contributed by atoms with Gasteiger partial charge >= 0.3 is 0 Å². The zero-order valence-corrected chi connectivity index (χ0v) is 12.3. The molecule has 0 atom stereocenters. The minimum atomic E-state index is 0.868. The second kappa shape index (κ2) is 8.15. The highest BCUT2D eigenvalue weighted by Gasteiger charge is 2.06. The molecular weight excluding hydrogens is 222 g/mol. The van der Waals surface area contributed by atoms with Crippen LogP contribution in [0.1, 0.15) is 37.3 Å². The molecule has 0 saturated heterocycles. The lowest BCUT2D eigenvalue weighted by Gasteiger charge is -2.25. The van der Waals surface area contributed by atoms with E-state index in [-0.39, 0.29) is 0 Å². The molecule has 0 aromatic heterocycles. The van der Waals surface area contributed by atoms with Gasteiger partial charge in [-0.25, -0.2) is 0 Å². The van der Waals surface area contributed by atoms with Crippen LogP contribution in [-0.4, -0.2) is 26.8 Å². The maximum atomic E-state index is 5.11. The van der Waals surface area contributed by atoms with Gasteiger partial charge in [-0.2, -0.15) is 0 Å². The molecule has 0 aliphatic rings. The highest BCUT2D eigenvalue weighted by atomic mass is 16.5. The van der Waals surface area contributed by atoms with Gasteiger partial charge in [-0.05, 0) is 56.4 Å². The molecule has 0 heterocycles. The molecule has 1 rings (SSSR count). The molecule has 0 spiro atoms. The summed E-state index contributed by atoms with van der Waals surface area (Å²) in [6.45, 7) is 9.72. The van der Waals surface area contributed by atoms with E-state index in [0.717, 1.165) is 26.1 Å². The Labute approximate surface area is 112 Å². The molecule has 0 N–H and O–H groups in total. The van der Waals surface area contributed by atoms with Gasteiger partial charge in [0.25, 0.3) is 0 Å². The van der Waals surface area contributed by atoms with Crippen molar-refractivity contribution in [3.05, 3.63) is 29.3 Å². The van der Waals surface area contributed by atoms with Crippen LogP contribution < -0.4 is 4.90 Å². The van der Waals surface area contributed by atoms with Gasteiger partial charge in [0.05, 0.1) is 0 Å². The van der Waals surface area contributed by atoms with Gasteiger partial charge in [-0.15, -0.1) is 0 Å². The Morgan fingerprint density at radius 1 is 1.06 bits per heavy atom. The number of methoxy groups -OCH3 is 1. The molecule has 0 amide bonds. The molecule has 2 heteroatoms. The molecule has 0 aliphatic carbocycles. The van der Waals surface area contributed by atoms with Crippen molar-refractivity contribution in [2.45, 2.75) is 40.0 Å². The van der Waals surface area contributed by atoms with E-state index in [4.69, 9.17) is 4.74 Å². The number of rotatable bonds is 8. The largest absolute Gasteiger partial charge is 0.385 e. The van der Waals surface area contributed by atoms with E-state index in [9.17, 15) is 0 Å². The quantitative estimate of drug-likeness (QED) is 0.647. The Balaban J connectivity index is 2.61. The van der Waals surface area contributed by atoms with Gasteiger partial charge in [0.1, 0.15) is 0 Å². The number of anilines is 1. The molecule has 0 aliphatic heterocycles. The van der Waals surface area contributed by atoms with Crippen molar-refractivity contribution < 1.29 is 4.74 Å². The van der Waals surface area contributed by atoms with Crippen molar-refractivity contribution in [1.82, 2.24) is 0 Å². The molecule has 0 saturated carbocycles. The normalized spacial score (nSPS) is 10.7. The number of unbranched alkanes of at least 4 members (excludes halogenated alkanes) is 1. The van der Waals surface area contributed by atoms with Gasteiger partial charge < -0.3 is 9.64 Å². The molecule has 0 radical (unpaired) electrons. The van der Waals surface area contributed by atoms with Crippen LogP contribution in [0, 0.1) is 13.8 Å². The second-order valence-corrected chi connectivity index (χ2v) is 4.96. The van der Waals surface area contributed by atoms with E-state index in [1.54, 1.807) is 7.11 Å². The smallest absolute Gasteiger partial charge is 0.0462 e. The molecule has 2 nitrogen and oxygen atoms in total. The highest BCUT2D eigenvalue weighted by Crippen LogP contribution is 2.19. The first kappa shape index (κ1) is 15.0. The third-order valence-corrected chi connectivity index (χ3v) is 3.38. The van der Waals surface area contributed by atoms with Crippen LogP contribution in [0.4, 0.5) is 5.69 Å². The summed E-state index contributed by atoms with van der Waals surface area (Å²) in [4.78, 5) is 2.49. The number of benzene rings is 1. The topological polar surface area (TPSA) is 12.5 Å². The van der Waals surface area contributed by atoms with Crippen LogP contribution in [0.5, 0.6) is 0 Å². The van der Waals surface area contributed by atoms with Crippen molar-refractivity contribution in [3.63, 3.8) is 0 Å². The lowest BCUT2D eigenvalue weighted by Crippen LogP contribution is -2.25.